The second-order valence-electron chi connectivity index (χ2n) is 7.32. The molecule has 1 heterocycles. The van der Waals surface area contributed by atoms with Crippen molar-refractivity contribution in [3.8, 4) is 17.2 Å². The van der Waals surface area contributed by atoms with Gasteiger partial charge in [-0.2, -0.15) is 0 Å². The molecular formula is C22H26N2O5. The Hall–Kier alpha value is -3.22. The lowest BCUT2D eigenvalue weighted by Crippen LogP contribution is -2.61. The first-order chi connectivity index (χ1) is 13.7. The van der Waals surface area contributed by atoms with E-state index >= 15 is 0 Å². The normalized spacial score (nSPS) is 18.0. The van der Waals surface area contributed by atoms with E-state index in [1.807, 2.05) is 25.1 Å². The molecular weight excluding hydrogens is 372 g/mol. The van der Waals surface area contributed by atoms with E-state index in [2.05, 4.69) is 0 Å². The Balaban J connectivity index is 1.85. The molecule has 1 unspecified atom stereocenters. The molecule has 7 heteroatoms. The van der Waals surface area contributed by atoms with Crippen molar-refractivity contribution in [3.05, 3.63) is 47.5 Å². The molecule has 2 aromatic carbocycles. The maximum Gasteiger partial charge on any atom is 0.280 e. The number of carbonyl (C=O) groups excluding carboxylic acids is 2. The van der Waals surface area contributed by atoms with E-state index in [1.54, 1.807) is 46.5 Å². The van der Waals surface area contributed by atoms with Crippen LogP contribution < -0.4 is 19.1 Å². The van der Waals surface area contributed by atoms with Gasteiger partial charge in [-0.05, 0) is 49.2 Å². The monoisotopic (exact) mass is 398 g/mol. The van der Waals surface area contributed by atoms with Crippen LogP contribution in [0.25, 0.3) is 0 Å². The van der Waals surface area contributed by atoms with Crippen molar-refractivity contribution in [2.45, 2.75) is 26.0 Å². The van der Waals surface area contributed by atoms with E-state index in [4.69, 9.17) is 14.2 Å². The largest absolute Gasteiger partial charge is 0.493 e. The van der Waals surface area contributed by atoms with Crippen molar-refractivity contribution in [3.63, 3.8) is 0 Å². The summed E-state index contributed by atoms with van der Waals surface area (Å²) in [6.45, 7) is 3.74. The van der Waals surface area contributed by atoms with Crippen molar-refractivity contribution < 1.29 is 23.8 Å². The molecule has 1 aliphatic rings. The molecule has 0 bridgehead atoms. The zero-order valence-corrected chi connectivity index (χ0v) is 17.6. The van der Waals surface area contributed by atoms with Crippen LogP contribution in [0.1, 0.15) is 18.1 Å². The minimum atomic E-state index is -1.64. The molecule has 0 saturated heterocycles. The van der Waals surface area contributed by atoms with E-state index in [-0.39, 0.29) is 6.54 Å². The Kier molecular flexibility index (Phi) is 5.42. The van der Waals surface area contributed by atoms with Crippen molar-refractivity contribution in [1.82, 2.24) is 4.90 Å². The Morgan fingerprint density at radius 1 is 1.14 bits per heavy atom. The van der Waals surface area contributed by atoms with Crippen LogP contribution in [-0.2, 0) is 16.1 Å². The predicted molar refractivity (Wildman–Crippen MR) is 110 cm³/mol. The van der Waals surface area contributed by atoms with Gasteiger partial charge < -0.3 is 24.0 Å². The maximum absolute atomic E-state index is 13.2. The number of amides is 2. The second-order valence-corrected chi connectivity index (χ2v) is 7.32. The minimum Gasteiger partial charge on any atom is -0.493 e. The molecule has 0 N–H and O–H groups in total. The summed E-state index contributed by atoms with van der Waals surface area (Å²) in [6, 6.07) is 11.0. The van der Waals surface area contributed by atoms with Crippen LogP contribution in [0.2, 0.25) is 0 Å². The van der Waals surface area contributed by atoms with Gasteiger partial charge in [0.2, 0.25) is 0 Å². The summed E-state index contributed by atoms with van der Waals surface area (Å²) in [6.07, 6.45) is 0. The molecule has 0 aliphatic carbocycles. The van der Waals surface area contributed by atoms with Gasteiger partial charge in [-0.15, -0.1) is 0 Å². The highest BCUT2D eigenvalue weighted by Gasteiger charge is 2.51. The average Bonchev–Trinajstić information content (AvgIpc) is 2.72. The average molecular weight is 398 g/mol. The van der Waals surface area contributed by atoms with Crippen molar-refractivity contribution in [2.24, 2.45) is 0 Å². The molecule has 0 saturated carbocycles. The highest BCUT2D eigenvalue weighted by atomic mass is 16.5. The Morgan fingerprint density at radius 2 is 1.83 bits per heavy atom. The summed E-state index contributed by atoms with van der Waals surface area (Å²) in [5, 5.41) is 0. The zero-order chi connectivity index (χ0) is 21.3. The van der Waals surface area contributed by atoms with Gasteiger partial charge in [0.05, 0.1) is 19.9 Å². The van der Waals surface area contributed by atoms with Gasteiger partial charge in [0.25, 0.3) is 17.4 Å². The van der Waals surface area contributed by atoms with Crippen LogP contribution in [0.5, 0.6) is 17.2 Å². The summed E-state index contributed by atoms with van der Waals surface area (Å²) < 4.78 is 16.5. The number of aryl methyl sites for hydroxylation is 1. The molecule has 1 aliphatic heterocycles. The van der Waals surface area contributed by atoms with Crippen molar-refractivity contribution in [1.29, 1.82) is 0 Å². The van der Waals surface area contributed by atoms with Crippen LogP contribution in [0.15, 0.2) is 36.4 Å². The number of nitrogens with zero attached hydrogens (tertiary/aromatic N) is 2. The summed E-state index contributed by atoms with van der Waals surface area (Å²) in [5.74, 6) is 0.866. The third-order valence-electron chi connectivity index (χ3n) is 5.13. The fraction of sp³-hybridized carbons (Fsp3) is 0.364. The van der Waals surface area contributed by atoms with E-state index < -0.39 is 17.4 Å². The van der Waals surface area contributed by atoms with Crippen LogP contribution in [0, 0.1) is 6.92 Å². The third kappa shape index (κ3) is 3.60. The molecule has 0 spiro atoms. The van der Waals surface area contributed by atoms with E-state index in [0.717, 1.165) is 11.1 Å². The van der Waals surface area contributed by atoms with Crippen LogP contribution in [0.4, 0.5) is 5.69 Å². The van der Waals surface area contributed by atoms with Crippen molar-refractivity contribution in [2.75, 3.05) is 33.2 Å². The van der Waals surface area contributed by atoms with Crippen LogP contribution >= 0.6 is 0 Å². The molecule has 0 aromatic heterocycles. The van der Waals surface area contributed by atoms with Gasteiger partial charge in [-0.1, -0.05) is 12.1 Å². The summed E-state index contributed by atoms with van der Waals surface area (Å²) in [5.41, 5.74) is 0.868. The number of fused-ring (bicyclic) bond motifs is 1. The number of likely N-dealkylation sites (N-methyl/N-ethyl adjacent to an activating group) is 2. The topological polar surface area (TPSA) is 68.3 Å². The fourth-order valence-electron chi connectivity index (χ4n) is 3.49. The highest BCUT2D eigenvalue weighted by molar-refractivity contribution is 6.16. The number of benzene rings is 2. The van der Waals surface area contributed by atoms with E-state index in [9.17, 15) is 9.59 Å². The Bertz CT molecular complexity index is 958. The second kappa shape index (κ2) is 7.66. The first-order valence-electron chi connectivity index (χ1n) is 9.25. The molecule has 1 atom stereocenters. The standard InChI is InChI=1S/C22H26N2O5/c1-14-7-9-17-16(11-14)24(4)21(26)22(2,29-17)20(25)23(3)13-15-8-10-18(27-5)19(12-15)28-6/h7-12H,13H2,1-6H3. The first-order valence-corrected chi connectivity index (χ1v) is 9.25. The van der Waals surface area contributed by atoms with Crippen molar-refractivity contribution >= 4 is 17.5 Å². The van der Waals surface area contributed by atoms with Crippen LogP contribution in [-0.4, -0.2) is 50.6 Å². The van der Waals surface area contributed by atoms with Gasteiger partial charge in [0.1, 0.15) is 5.75 Å². The Labute approximate surface area is 170 Å². The minimum absolute atomic E-state index is 0.288. The quantitative estimate of drug-likeness (QED) is 0.725. The SMILES string of the molecule is COc1ccc(CN(C)C(=O)C2(C)Oc3ccc(C)cc3N(C)C2=O)cc1OC. The zero-order valence-electron chi connectivity index (χ0n) is 17.6. The number of rotatable bonds is 5. The molecule has 0 fully saturated rings. The molecule has 29 heavy (non-hydrogen) atoms. The fourth-order valence-corrected chi connectivity index (χ4v) is 3.49. The van der Waals surface area contributed by atoms with Gasteiger partial charge in [-0.25, -0.2) is 0 Å². The first kappa shape index (κ1) is 20.5. The summed E-state index contributed by atoms with van der Waals surface area (Å²) in [4.78, 5) is 29.2. The predicted octanol–water partition coefficient (Wildman–Crippen LogP) is 2.78. The molecule has 2 aromatic rings. The van der Waals surface area contributed by atoms with Gasteiger partial charge >= 0.3 is 0 Å². The number of ether oxygens (including phenoxy) is 3. The van der Waals surface area contributed by atoms with E-state index in [0.29, 0.717) is 22.9 Å². The lowest BCUT2D eigenvalue weighted by molar-refractivity contribution is -0.155. The van der Waals surface area contributed by atoms with Crippen LogP contribution in [0.3, 0.4) is 0 Å². The molecule has 7 nitrogen and oxygen atoms in total. The highest BCUT2D eigenvalue weighted by Crippen LogP contribution is 2.38. The number of hydrogen-bond donors (Lipinski definition) is 0. The lowest BCUT2D eigenvalue weighted by atomic mass is 9.99. The Morgan fingerprint density at radius 3 is 2.48 bits per heavy atom. The molecule has 3 rings (SSSR count). The third-order valence-corrected chi connectivity index (χ3v) is 5.13. The number of anilines is 1. The lowest BCUT2D eigenvalue weighted by Gasteiger charge is -2.39. The van der Waals surface area contributed by atoms with Gasteiger partial charge in [0.15, 0.2) is 11.5 Å². The summed E-state index contributed by atoms with van der Waals surface area (Å²) in [7, 11) is 6.42. The summed E-state index contributed by atoms with van der Waals surface area (Å²) >= 11 is 0. The van der Waals surface area contributed by atoms with E-state index in [1.165, 1.54) is 16.7 Å². The maximum atomic E-state index is 13.2. The molecule has 2 amide bonds. The number of hydrogen-bond acceptors (Lipinski definition) is 5. The number of methoxy groups -OCH3 is 2. The van der Waals surface area contributed by atoms with Gasteiger partial charge in [0, 0.05) is 20.6 Å². The molecule has 0 radical (unpaired) electrons. The van der Waals surface area contributed by atoms with Gasteiger partial charge in [-0.3, -0.25) is 9.59 Å². The molecule has 154 valence electrons. The smallest absolute Gasteiger partial charge is 0.280 e. The number of carbonyl (C=O) groups is 2.